The Morgan fingerprint density at radius 1 is 1.19 bits per heavy atom. The molecular weight excluding hydrogens is 254 g/mol. The normalized spacial score (nSPS) is 15.9. The fourth-order valence-electron chi connectivity index (χ4n) is 2.49. The van der Waals surface area contributed by atoms with Gasteiger partial charge in [-0.25, -0.2) is 0 Å². The van der Waals surface area contributed by atoms with Gasteiger partial charge in [0.15, 0.2) is 0 Å². The lowest BCUT2D eigenvalue weighted by Gasteiger charge is -2.15. The SMILES string of the molecule is CC(NC/C=C/C#CC1CC1)c1cccc2ccccc12. The van der Waals surface area contributed by atoms with Gasteiger partial charge in [-0.15, -0.1) is 0 Å². The molecule has 0 saturated heterocycles. The molecule has 1 atom stereocenters. The first-order valence-corrected chi connectivity index (χ1v) is 7.72. The van der Waals surface area contributed by atoms with Gasteiger partial charge in [0.2, 0.25) is 0 Å². The maximum Gasteiger partial charge on any atom is 0.0300 e. The van der Waals surface area contributed by atoms with Crippen molar-refractivity contribution in [1.82, 2.24) is 5.32 Å². The monoisotopic (exact) mass is 275 g/mol. The summed E-state index contributed by atoms with van der Waals surface area (Å²) in [5.74, 6) is 7.03. The molecule has 1 aliphatic carbocycles. The van der Waals surface area contributed by atoms with E-state index in [-0.39, 0.29) is 0 Å². The van der Waals surface area contributed by atoms with Crippen LogP contribution in [0, 0.1) is 17.8 Å². The van der Waals surface area contributed by atoms with Gasteiger partial charge in [-0.05, 0) is 42.2 Å². The van der Waals surface area contributed by atoms with Crippen LogP contribution in [0.15, 0.2) is 54.6 Å². The number of hydrogen-bond donors (Lipinski definition) is 1. The lowest BCUT2D eigenvalue weighted by atomic mass is 10.00. The van der Waals surface area contributed by atoms with Crippen molar-refractivity contribution in [2.75, 3.05) is 6.54 Å². The third-order valence-corrected chi connectivity index (χ3v) is 3.90. The standard InChI is InChI=1S/C20H21N/c1-16(21-15-6-2-3-8-17-13-14-17)19-12-7-10-18-9-4-5-11-20(18)19/h2,4-7,9-12,16-17,21H,13-15H2,1H3/b6-2+. The quantitative estimate of drug-likeness (QED) is 0.812. The minimum Gasteiger partial charge on any atom is -0.307 e. The molecule has 0 heterocycles. The van der Waals surface area contributed by atoms with Crippen molar-refractivity contribution >= 4 is 10.8 Å². The third-order valence-electron chi connectivity index (χ3n) is 3.90. The molecule has 0 bridgehead atoms. The van der Waals surface area contributed by atoms with Crippen LogP contribution in [0.3, 0.4) is 0 Å². The summed E-state index contributed by atoms with van der Waals surface area (Å²) >= 11 is 0. The molecule has 2 aromatic rings. The Balaban J connectivity index is 1.61. The van der Waals surface area contributed by atoms with Crippen LogP contribution in [-0.2, 0) is 0 Å². The Hall–Kier alpha value is -2.04. The highest BCUT2D eigenvalue weighted by atomic mass is 14.9. The summed E-state index contributed by atoms with van der Waals surface area (Å²) in [6.07, 6.45) is 6.66. The number of nitrogens with one attached hydrogen (secondary N) is 1. The van der Waals surface area contributed by atoms with Gasteiger partial charge in [0, 0.05) is 18.5 Å². The molecule has 1 nitrogen and oxygen atoms in total. The molecule has 2 aromatic carbocycles. The van der Waals surface area contributed by atoms with E-state index in [1.165, 1.54) is 29.2 Å². The van der Waals surface area contributed by atoms with Crippen molar-refractivity contribution in [1.29, 1.82) is 0 Å². The first-order chi connectivity index (χ1) is 10.3. The number of benzene rings is 2. The highest BCUT2D eigenvalue weighted by molar-refractivity contribution is 5.86. The van der Waals surface area contributed by atoms with Crippen molar-refractivity contribution in [3.8, 4) is 11.8 Å². The van der Waals surface area contributed by atoms with E-state index in [0.717, 1.165) is 6.54 Å². The molecule has 0 aliphatic heterocycles. The van der Waals surface area contributed by atoms with Crippen LogP contribution in [0.1, 0.15) is 31.4 Å². The zero-order chi connectivity index (χ0) is 14.5. The maximum atomic E-state index is 3.54. The van der Waals surface area contributed by atoms with E-state index < -0.39 is 0 Å². The first kappa shape index (κ1) is 13.9. The Bertz CT molecular complexity index is 693. The lowest BCUT2D eigenvalue weighted by Crippen LogP contribution is -2.18. The van der Waals surface area contributed by atoms with Gasteiger partial charge in [-0.2, -0.15) is 0 Å². The van der Waals surface area contributed by atoms with E-state index in [1.54, 1.807) is 0 Å². The molecule has 1 heteroatoms. The second-order valence-corrected chi connectivity index (χ2v) is 5.66. The Morgan fingerprint density at radius 2 is 2.00 bits per heavy atom. The van der Waals surface area contributed by atoms with Crippen LogP contribution in [0.2, 0.25) is 0 Å². The fourth-order valence-corrected chi connectivity index (χ4v) is 2.49. The summed E-state index contributed by atoms with van der Waals surface area (Å²) in [6.45, 7) is 3.06. The minimum atomic E-state index is 0.331. The average Bonchev–Trinajstić information content (AvgIpc) is 3.34. The number of fused-ring (bicyclic) bond motifs is 1. The molecule has 1 unspecified atom stereocenters. The zero-order valence-electron chi connectivity index (χ0n) is 12.5. The minimum absolute atomic E-state index is 0.331. The highest BCUT2D eigenvalue weighted by Gasteiger charge is 2.17. The molecule has 0 aromatic heterocycles. The second kappa shape index (κ2) is 6.61. The van der Waals surface area contributed by atoms with Crippen LogP contribution in [0.5, 0.6) is 0 Å². The topological polar surface area (TPSA) is 12.0 Å². The van der Waals surface area contributed by atoms with Gasteiger partial charge in [0.05, 0.1) is 0 Å². The van der Waals surface area contributed by atoms with Crippen LogP contribution in [0.25, 0.3) is 10.8 Å². The summed E-state index contributed by atoms with van der Waals surface area (Å²) in [7, 11) is 0. The van der Waals surface area contributed by atoms with E-state index in [2.05, 4.69) is 72.6 Å². The van der Waals surface area contributed by atoms with Gasteiger partial charge in [0.1, 0.15) is 0 Å². The summed E-state index contributed by atoms with van der Waals surface area (Å²) in [5, 5.41) is 6.17. The van der Waals surface area contributed by atoms with Crippen LogP contribution in [0.4, 0.5) is 0 Å². The van der Waals surface area contributed by atoms with E-state index >= 15 is 0 Å². The Kier molecular flexibility index (Phi) is 4.38. The lowest BCUT2D eigenvalue weighted by molar-refractivity contribution is 0.621. The van der Waals surface area contributed by atoms with Crippen LogP contribution >= 0.6 is 0 Å². The molecule has 1 fully saturated rings. The van der Waals surface area contributed by atoms with Crippen molar-refractivity contribution in [3.63, 3.8) is 0 Å². The molecule has 106 valence electrons. The van der Waals surface area contributed by atoms with E-state index in [1.807, 2.05) is 6.08 Å². The zero-order valence-corrected chi connectivity index (χ0v) is 12.5. The van der Waals surface area contributed by atoms with Gasteiger partial charge in [-0.1, -0.05) is 60.4 Å². The van der Waals surface area contributed by atoms with Crippen LogP contribution < -0.4 is 5.32 Å². The molecule has 0 spiro atoms. The Labute approximate surface area is 127 Å². The molecule has 1 N–H and O–H groups in total. The van der Waals surface area contributed by atoms with Crippen molar-refractivity contribution < 1.29 is 0 Å². The molecule has 1 aliphatic rings. The van der Waals surface area contributed by atoms with Crippen molar-refractivity contribution in [2.45, 2.75) is 25.8 Å². The van der Waals surface area contributed by atoms with E-state index in [4.69, 9.17) is 0 Å². The molecule has 1 saturated carbocycles. The fraction of sp³-hybridized carbons (Fsp3) is 0.300. The van der Waals surface area contributed by atoms with Gasteiger partial charge in [0.25, 0.3) is 0 Å². The summed E-state index contributed by atoms with van der Waals surface area (Å²) in [4.78, 5) is 0. The molecular formula is C20H21N. The van der Waals surface area contributed by atoms with Gasteiger partial charge >= 0.3 is 0 Å². The predicted octanol–water partition coefficient (Wildman–Crippen LogP) is 4.46. The van der Waals surface area contributed by atoms with E-state index in [9.17, 15) is 0 Å². The summed E-state index contributed by atoms with van der Waals surface area (Å²) in [5.41, 5.74) is 1.35. The highest BCUT2D eigenvalue weighted by Crippen LogP contribution is 2.27. The second-order valence-electron chi connectivity index (χ2n) is 5.66. The van der Waals surface area contributed by atoms with E-state index in [0.29, 0.717) is 12.0 Å². The van der Waals surface area contributed by atoms with Crippen molar-refractivity contribution in [2.24, 2.45) is 5.92 Å². The van der Waals surface area contributed by atoms with Crippen LogP contribution in [-0.4, -0.2) is 6.54 Å². The largest absolute Gasteiger partial charge is 0.307 e. The maximum absolute atomic E-state index is 3.54. The number of hydrogen-bond acceptors (Lipinski definition) is 1. The van der Waals surface area contributed by atoms with Gasteiger partial charge < -0.3 is 5.32 Å². The van der Waals surface area contributed by atoms with Crippen molar-refractivity contribution in [3.05, 3.63) is 60.2 Å². The number of allylic oxidation sites excluding steroid dienone is 1. The molecule has 0 amide bonds. The molecule has 0 radical (unpaired) electrons. The predicted molar refractivity (Wildman–Crippen MR) is 90.0 cm³/mol. The summed E-state index contributed by atoms with van der Waals surface area (Å²) < 4.78 is 0. The average molecular weight is 275 g/mol. The van der Waals surface area contributed by atoms with Gasteiger partial charge in [-0.3, -0.25) is 0 Å². The number of rotatable bonds is 4. The Morgan fingerprint density at radius 3 is 2.86 bits per heavy atom. The smallest absolute Gasteiger partial charge is 0.0300 e. The molecule has 21 heavy (non-hydrogen) atoms. The third kappa shape index (κ3) is 3.74. The molecule has 3 rings (SSSR count). The summed E-state index contributed by atoms with van der Waals surface area (Å²) in [6, 6.07) is 15.4. The first-order valence-electron chi connectivity index (χ1n) is 7.72.